The minimum Gasteiger partial charge on any atom is -0.381 e. The van der Waals surface area contributed by atoms with Crippen molar-refractivity contribution in [2.45, 2.75) is 44.4 Å². The molecule has 1 aromatic heterocycles. The molecule has 3 fully saturated rings. The molecule has 3 aliphatic rings. The Morgan fingerprint density at radius 1 is 1.13 bits per heavy atom. The lowest BCUT2D eigenvalue weighted by Gasteiger charge is -2.32. The van der Waals surface area contributed by atoms with Gasteiger partial charge < -0.3 is 19.1 Å². The van der Waals surface area contributed by atoms with E-state index in [1.54, 1.807) is 7.11 Å². The van der Waals surface area contributed by atoms with Gasteiger partial charge in [0.15, 0.2) is 5.82 Å². The van der Waals surface area contributed by atoms with E-state index in [9.17, 15) is 0 Å². The number of nitrogens with zero attached hydrogens (tertiary/aromatic N) is 4. The van der Waals surface area contributed by atoms with Crippen molar-refractivity contribution in [1.82, 2.24) is 14.8 Å². The van der Waals surface area contributed by atoms with Crippen LogP contribution < -0.4 is 4.90 Å². The molecule has 7 heteroatoms. The number of rotatable bonds is 5. The van der Waals surface area contributed by atoms with Crippen LogP contribution in [0.25, 0.3) is 0 Å². The number of aromatic nitrogens is 3. The van der Waals surface area contributed by atoms with Crippen molar-refractivity contribution in [3.63, 3.8) is 0 Å². The minimum absolute atomic E-state index is 0.0831. The Hall–Kier alpha value is -1.18. The molecule has 1 saturated carbocycles. The van der Waals surface area contributed by atoms with Crippen LogP contribution in [-0.2, 0) is 20.8 Å². The number of anilines is 1. The fraction of sp³-hybridized carbons (Fsp3) is 0.875. The summed E-state index contributed by atoms with van der Waals surface area (Å²) in [6.45, 7) is 4.84. The Morgan fingerprint density at radius 2 is 1.96 bits per heavy atom. The first-order valence-electron chi connectivity index (χ1n) is 8.75. The van der Waals surface area contributed by atoms with E-state index in [4.69, 9.17) is 14.2 Å². The molecule has 23 heavy (non-hydrogen) atoms. The van der Waals surface area contributed by atoms with E-state index >= 15 is 0 Å². The van der Waals surface area contributed by atoms with Crippen molar-refractivity contribution in [1.29, 1.82) is 0 Å². The zero-order valence-corrected chi connectivity index (χ0v) is 13.8. The highest BCUT2D eigenvalue weighted by molar-refractivity contribution is 5.32. The molecular formula is C16H26N4O3. The summed E-state index contributed by atoms with van der Waals surface area (Å²) in [4.78, 5) is 2.35. The predicted octanol–water partition coefficient (Wildman–Crippen LogP) is 1.39. The fourth-order valence-electron chi connectivity index (χ4n) is 3.44. The highest BCUT2D eigenvalue weighted by Crippen LogP contribution is 2.34. The van der Waals surface area contributed by atoms with Crippen LogP contribution in [0.2, 0.25) is 0 Å². The van der Waals surface area contributed by atoms with Crippen molar-refractivity contribution in [3.8, 4) is 0 Å². The lowest BCUT2D eigenvalue weighted by atomic mass is 10.1. The Morgan fingerprint density at radius 3 is 2.61 bits per heavy atom. The van der Waals surface area contributed by atoms with Gasteiger partial charge in [0.1, 0.15) is 6.10 Å². The summed E-state index contributed by atoms with van der Waals surface area (Å²) < 4.78 is 19.2. The molecular weight excluding hydrogens is 296 g/mol. The maximum atomic E-state index is 5.85. The van der Waals surface area contributed by atoms with Crippen molar-refractivity contribution in [2.24, 2.45) is 5.92 Å². The summed E-state index contributed by atoms with van der Waals surface area (Å²) in [5.41, 5.74) is 0. The highest BCUT2D eigenvalue weighted by atomic mass is 16.6. The summed E-state index contributed by atoms with van der Waals surface area (Å²) in [5.74, 6) is 2.70. The van der Waals surface area contributed by atoms with Crippen molar-refractivity contribution in [2.75, 3.05) is 44.9 Å². The summed E-state index contributed by atoms with van der Waals surface area (Å²) in [6, 6.07) is 0. The quantitative estimate of drug-likeness (QED) is 0.816. The molecule has 1 aliphatic carbocycles. The highest BCUT2D eigenvalue weighted by Gasteiger charge is 2.32. The van der Waals surface area contributed by atoms with Crippen LogP contribution in [-0.4, -0.2) is 60.9 Å². The first-order chi connectivity index (χ1) is 11.3. The molecule has 4 rings (SSSR count). The van der Waals surface area contributed by atoms with E-state index in [0.29, 0.717) is 25.9 Å². The lowest BCUT2D eigenvalue weighted by Crippen LogP contribution is -2.38. The molecule has 0 spiro atoms. The van der Waals surface area contributed by atoms with Gasteiger partial charge in [0, 0.05) is 26.7 Å². The summed E-state index contributed by atoms with van der Waals surface area (Å²) in [7, 11) is 1.80. The zero-order valence-electron chi connectivity index (χ0n) is 13.8. The van der Waals surface area contributed by atoms with Crippen molar-refractivity contribution >= 4 is 5.95 Å². The third-order valence-electron chi connectivity index (χ3n) is 5.06. The van der Waals surface area contributed by atoms with Crippen LogP contribution in [0, 0.1) is 5.92 Å². The summed E-state index contributed by atoms with van der Waals surface area (Å²) in [5, 5.41) is 8.98. The van der Waals surface area contributed by atoms with Gasteiger partial charge in [-0.05, 0) is 31.6 Å². The normalized spacial score (nSPS) is 26.7. The number of hydrogen-bond acceptors (Lipinski definition) is 6. The van der Waals surface area contributed by atoms with E-state index in [2.05, 4.69) is 19.7 Å². The molecule has 7 nitrogen and oxygen atoms in total. The first-order valence-corrected chi connectivity index (χ1v) is 8.75. The largest absolute Gasteiger partial charge is 0.381 e. The Labute approximate surface area is 136 Å². The SMILES string of the molecule is COC1CCN(c2nnc(C3COCCO3)n2CC2CC2)CC1. The van der Waals surface area contributed by atoms with Gasteiger partial charge in [-0.2, -0.15) is 0 Å². The molecule has 0 aromatic carbocycles. The standard InChI is InChI=1S/C16H26N4O3/c1-21-13-4-6-19(7-5-13)16-18-17-15(14-11-22-8-9-23-14)20(16)10-12-2-3-12/h12-14H,2-11H2,1H3. The van der Waals surface area contributed by atoms with Crippen LogP contribution in [0.1, 0.15) is 37.6 Å². The Bertz CT molecular complexity index is 517. The van der Waals surface area contributed by atoms with Gasteiger partial charge in [0.25, 0.3) is 0 Å². The molecule has 128 valence electrons. The molecule has 1 atom stereocenters. The van der Waals surface area contributed by atoms with Crippen LogP contribution >= 0.6 is 0 Å². The third-order valence-corrected chi connectivity index (χ3v) is 5.06. The second-order valence-electron chi connectivity index (χ2n) is 6.77. The number of hydrogen-bond donors (Lipinski definition) is 0. The van der Waals surface area contributed by atoms with Crippen LogP contribution in [0.3, 0.4) is 0 Å². The van der Waals surface area contributed by atoms with Gasteiger partial charge >= 0.3 is 0 Å². The molecule has 0 amide bonds. The maximum absolute atomic E-state index is 5.85. The summed E-state index contributed by atoms with van der Waals surface area (Å²) >= 11 is 0. The van der Waals surface area contributed by atoms with Crippen LogP contribution in [0.4, 0.5) is 5.95 Å². The monoisotopic (exact) mass is 322 g/mol. The average Bonchev–Trinajstić information content (AvgIpc) is 3.33. The Kier molecular flexibility index (Phi) is 4.50. The summed E-state index contributed by atoms with van der Waals surface area (Å²) in [6.07, 6.45) is 5.01. The van der Waals surface area contributed by atoms with Gasteiger partial charge in [-0.3, -0.25) is 4.57 Å². The van der Waals surface area contributed by atoms with Gasteiger partial charge in [-0.1, -0.05) is 0 Å². The number of piperidine rings is 1. The third kappa shape index (κ3) is 3.36. The van der Waals surface area contributed by atoms with Crippen molar-refractivity contribution in [3.05, 3.63) is 5.82 Å². The molecule has 2 saturated heterocycles. The van der Waals surface area contributed by atoms with Crippen LogP contribution in [0.5, 0.6) is 0 Å². The van der Waals surface area contributed by atoms with Gasteiger partial charge in [-0.25, -0.2) is 0 Å². The van der Waals surface area contributed by atoms with Gasteiger partial charge in [0.05, 0.1) is 25.9 Å². The smallest absolute Gasteiger partial charge is 0.227 e. The van der Waals surface area contributed by atoms with E-state index < -0.39 is 0 Å². The second kappa shape index (κ2) is 6.75. The minimum atomic E-state index is -0.0831. The van der Waals surface area contributed by atoms with Crippen molar-refractivity contribution < 1.29 is 14.2 Å². The molecule has 1 unspecified atom stereocenters. The average molecular weight is 322 g/mol. The Balaban J connectivity index is 1.54. The first kappa shape index (κ1) is 15.4. The van der Waals surface area contributed by atoms with E-state index in [0.717, 1.165) is 50.2 Å². The van der Waals surface area contributed by atoms with E-state index in [1.165, 1.54) is 12.8 Å². The molecule has 2 aliphatic heterocycles. The number of methoxy groups -OCH3 is 1. The topological polar surface area (TPSA) is 61.6 Å². The van der Waals surface area contributed by atoms with Gasteiger partial charge in [-0.15, -0.1) is 10.2 Å². The molecule has 0 N–H and O–H groups in total. The van der Waals surface area contributed by atoms with E-state index in [1.807, 2.05) is 0 Å². The maximum Gasteiger partial charge on any atom is 0.227 e. The second-order valence-corrected chi connectivity index (χ2v) is 6.77. The molecule has 3 heterocycles. The van der Waals surface area contributed by atoms with E-state index in [-0.39, 0.29) is 6.10 Å². The lowest BCUT2D eigenvalue weighted by molar-refractivity contribution is -0.0948. The van der Waals surface area contributed by atoms with Gasteiger partial charge in [0.2, 0.25) is 5.95 Å². The number of ether oxygens (including phenoxy) is 3. The molecule has 1 aromatic rings. The molecule has 0 radical (unpaired) electrons. The predicted molar refractivity (Wildman–Crippen MR) is 84.5 cm³/mol. The molecule has 0 bridgehead atoms. The fourth-order valence-corrected chi connectivity index (χ4v) is 3.44. The zero-order chi connectivity index (χ0) is 15.6. The van der Waals surface area contributed by atoms with Crippen LogP contribution in [0.15, 0.2) is 0 Å².